The molecule has 5 nitrogen and oxygen atoms in total. The van der Waals surface area contributed by atoms with Crippen LogP contribution in [0.3, 0.4) is 0 Å². The molecule has 0 radical (unpaired) electrons. The van der Waals surface area contributed by atoms with Gasteiger partial charge >= 0.3 is 0 Å². The van der Waals surface area contributed by atoms with Crippen LogP contribution in [0, 0.1) is 5.82 Å². The van der Waals surface area contributed by atoms with Gasteiger partial charge in [-0.25, -0.2) is 17.5 Å². The fourth-order valence-corrected chi connectivity index (χ4v) is 4.38. The number of ether oxygens (including phenoxy) is 1. The normalized spacial score (nSPS) is 18.3. The van der Waals surface area contributed by atoms with Crippen molar-refractivity contribution in [3.05, 3.63) is 66.0 Å². The van der Waals surface area contributed by atoms with Crippen LogP contribution in [0.25, 0.3) is 0 Å². The van der Waals surface area contributed by atoms with E-state index in [1.54, 1.807) is 24.3 Å². The predicted octanol–water partition coefficient (Wildman–Crippen LogP) is 2.79. The van der Waals surface area contributed by atoms with E-state index in [1.807, 2.05) is 24.3 Å². The standard InChI is InChI=1S/C20H25FN2O3S/c21-20-11-5-4-7-17(20)15-23-12-6-8-18(16-23)22-27(24,25)14-13-26-19-9-2-1-3-10-19/h1-5,7,9-11,18,22H,6,8,12-16H2. The summed E-state index contributed by atoms with van der Waals surface area (Å²) >= 11 is 0. The zero-order chi connectivity index (χ0) is 19.1. The Morgan fingerprint density at radius 2 is 1.85 bits per heavy atom. The molecule has 1 aliphatic rings. The zero-order valence-corrected chi connectivity index (χ0v) is 16.0. The van der Waals surface area contributed by atoms with Crippen molar-refractivity contribution in [2.45, 2.75) is 25.4 Å². The Morgan fingerprint density at radius 3 is 2.63 bits per heavy atom. The predicted molar refractivity (Wildman–Crippen MR) is 104 cm³/mol. The molecule has 7 heteroatoms. The topological polar surface area (TPSA) is 58.6 Å². The number of piperidine rings is 1. The van der Waals surface area contributed by atoms with Crippen molar-refractivity contribution in [3.63, 3.8) is 0 Å². The fraction of sp³-hybridized carbons (Fsp3) is 0.400. The Balaban J connectivity index is 1.48. The molecule has 27 heavy (non-hydrogen) atoms. The average molecular weight is 392 g/mol. The Morgan fingerprint density at radius 1 is 1.11 bits per heavy atom. The van der Waals surface area contributed by atoms with E-state index < -0.39 is 10.0 Å². The van der Waals surface area contributed by atoms with Crippen LogP contribution in [0.1, 0.15) is 18.4 Å². The van der Waals surface area contributed by atoms with Crippen LogP contribution in [0.2, 0.25) is 0 Å². The first-order valence-electron chi connectivity index (χ1n) is 9.15. The number of para-hydroxylation sites is 1. The molecule has 1 N–H and O–H groups in total. The van der Waals surface area contributed by atoms with Crippen LogP contribution >= 0.6 is 0 Å². The van der Waals surface area contributed by atoms with Gasteiger partial charge in [0.2, 0.25) is 10.0 Å². The molecule has 2 aromatic rings. The van der Waals surface area contributed by atoms with Crippen molar-refractivity contribution >= 4 is 10.0 Å². The Bertz CT molecular complexity index is 830. The summed E-state index contributed by atoms with van der Waals surface area (Å²) in [6.07, 6.45) is 1.66. The number of rotatable bonds is 8. The second-order valence-corrected chi connectivity index (χ2v) is 8.64. The van der Waals surface area contributed by atoms with Crippen LogP contribution in [-0.4, -0.2) is 44.8 Å². The first-order chi connectivity index (χ1) is 13.0. The van der Waals surface area contributed by atoms with Crippen molar-refractivity contribution < 1.29 is 17.5 Å². The summed E-state index contributed by atoms with van der Waals surface area (Å²) in [5.41, 5.74) is 0.636. The summed E-state index contributed by atoms with van der Waals surface area (Å²) in [6, 6.07) is 15.7. The summed E-state index contributed by atoms with van der Waals surface area (Å²) in [5.74, 6) is 0.339. The summed E-state index contributed by atoms with van der Waals surface area (Å²) in [7, 11) is -3.43. The molecule has 0 aromatic heterocycles. The highest BCUT2D eigenvalue weighted by molar-refractivity contribution is 7.89. The number of sulfonamides is 1. The lowest BCUT2D eigenvalue weighted by Gasteiger charge is -2.33. The largest absolute Gasteiger partial charge is 0.492 e. The van der Waals surface area contributed by atoms with Crippen LogP contribution in [-0.2, 0) is 16.6 Å². The first-order valence-corrected chi connectivity index (χ1v) is 10.8. The van der Waals surface area contributed by atoms with E-state index >= 15 is 0 Å². The lowest BCUT2D eigenvalue weighted by molar-refractivity contribution is 0.192. The molecular weight excluding hydrogens is 367 g/mol. The van der Waals surface area contributed by atoms with Crippen LogP contribution in [0.5, 0.6) is 5.75 Å². The van der Waals surface area contributed by atoms with E-state index in [-0.39, 0.29) is 24.2 Å². The molecule has 1 saturated heterocycles. The molecule has 3 rings (SSSR count). The third-order valence-corrected chi connectivity index (χ3v) is 5.96. The minimum absolute atomic E-state index is 0.0916. The molecular formula is C20H25FN2O3S. The van der Waals surface area contributed by atoms with E-state index in [0.717, 1.165) is 19.4 Å². The zero-order valence-electron chi connectivity index (χ0n) is 15.2. The van der Waals surface area contributed by atoms with Gasteiger partial charge in [0.1, 0.15) is 18.2 Å². The summed E-state index contributed by atoms with van der Waals surface area (Å²) < 4.78 is 46.8. The molecule has 1 unspecified atom stereocenters. The van der Waals surface area contributed by atoms with Crippen LogP contribution in [0.4, 0.5) is 4.39 Å². The lowest BCUT2D eigenvalue weighted by atomic mass is 10.1. The number of likely N-dealkylation sites (tertiary alicyclic amines) is 1. The lowest BCUT2D eigenvalue weighted by Crippen LogP contribution is -2.48. The van der Waals surface area contributed by atoms with Gasteiger partial charge in [0.05, 0.1) is 5.75 Å². The maximum atomic E-state index is 13.8. The highest BCUT2D eigenvalue weighted by Gasteiger charge is 2.24. The third-order valence-electron chi connectivity index (χ3n) is 4.57. The molecule has 2 aromatic carbocycles. The highest BCUT2D eigenvalue weighted by Crippen LogP contribution is 2.16. The molecule has 1 atom stereocenters. The number of nitrogens with one attached hydrogen (secondary N) is 1. The second kappa shape index (κ2) is 9.30. The van der Waals surface area contributed by atoms with Gasteiger partial charge in [-0.05, 0) is 37.6 Å². The van der Waals surface area contributed by atoms with Gasteiger partial charge in [0.15, 0.2) is 0 Å². The van der Waals surface area contributed by atoms with E-state index in [4.69, 9.17) is 4.74 Å². The average Bonchev–Trinajstić information content (AvgIpc) is 2.64. The molecule has 1 fully saturated rings. The van der Waals surface area contributed by atoms with E-state index in [0.29, 0.717) is 24.4 Å². The Kier molecular flexibility index (Phi) is 6.82. The van der Waals surface area contributed by atoms with Crippen molar-refractivity contribution in [2.24, 2.45) is 0 Å². The number of hydrogen-bond donors (Lipinski definition) is 1. The minimum atomic E-state index is -3.43. The SMILES string of the molecule is O=S(=O)(CCOc1ccccc1)NC1CCCN(Cc2ccccc2F)C1. The highest BCUT2D eigenvalue weighted by atomic mass is 32.2. The molecule has 0 spiro atoms. The maximum Gasteiger partial charge on any atom is 0.215 e. The summed E-state index contributed by atoms with van der Waals surface area (Å²) in [4.78, 5) is 2.09. The van der Waals surface area contributed by atoms with Crippen LogP contribution < -0.4 is 9.46 Å². The number of halogens is 1. The summed E-state index contributed by atoms with van der Waals surface area (Å²) in [5, 5.41) is 0. The third kappa shape index (κ3) is 6.30. The van der Waals surface area contributed by atoms with Gasteiger partial charge in [-0.2, -0.15) is 0 Å². The fourth-order valence-electron chi connectivity index (χ4n) is 3.26. The van der Waals surface area contributed by atoms with Crippen molar-refractivity contribution in [1.29, 1.82) is 0 Å². The van der Waals surface area contributed by atoms with Gasteiger partial charge in [-0.15, -0.1) is 0 Å². The number of hydrogen-bond acceptors (Lipinski definition) is 4. The smallest absolute Gasteiger partial charge is 0.215 e. The van der Waals surface area contributed by atoms with Gasteiger partial charge in [-0.1, -0.05) is 36.4 Å². The van der Waals surface area contributed by atoms with Crippen molar-refractivity contribution in [3.8, 4) is 5.75 Å². The quantitative estimate of drug-likeness (QED) is 0.751. The van der Waals surface area contributed by atoms with Crippen LogP contribution in [0.15, 0.2) is 54.6 Å². The van der Waals surface area contributed by atoms with Gasteiger partial charge in [-0.3, -0.25) is 4.90 Å². The molecule has 1 heterocycles. The summed E-state index contributed by atoms with van der Waals surface area (Å²) in [6.45, 7) is 2.00. The Hall–Kier alpha value is -1.96. The molecule has 1 aliphatic heterocycles. The van der Waals surface area contributed by atoms with Crippen molar-refractivity contribution in [2.75, 3.05) is 25.4 Å². The van der Waals surface area contributed by atoms with Gasteiger partial charge < -0.3 is 4.74 Å². The minimum Gasteiger partial charge on any atom is -0.492 e. The van der Waals surface area contributed by atoms with Gasteiger partial charge in [0, 0.05) is 24.7 Å². The molecule has 0 bridgehead atoms. The van der Waals surface area contributed by atoms with Gasteiger partial charge in [0.25, 0.3) is 0 Å². The first kappa shape index (κ1) is 19.8. The second-order valence-electron chi connectivity index (χ2n) is 6.76. The molecule has 0 aliphatic carbocycles. The van der Waals surface area contributed by atoms with E-state index in [1.165, 1.54) is 6.07 Å². The number of nitrogens with zero attached hydrogens (tertiary/aromatic N) is 1. The van der Waals surface area contributed by atoms with E-state index in [2.05, 4.69) is 9.62 Å². The van der Waals surface area contributed by atoms with E-state index in [9.17, 15) is 12.8 Å². The number of benzene rings is 2. The monoisotopic (exact) mass is 392 g/mol. The molecule has 0 saturated carbocycles. The van der Waals surface area contributed by atoms with Crippen molar-refractivity contribution in [1.82, 2.24) is 9.62 Å². The molecule has 146 valence electrons. The Labute approximate surface area is 160 Å². The molecule has 0 amide bonds. The maximum absolute atomic E-state index is 13.8.